The number of carboxylic acids is 2. The van der Waals surface area contributed by atoms with Crippen LogP contribution >= 0.6 is 25.3 Å². The number of hydrogen-bond donors (Lipinski definition) is 9. The van der Waals surface area contributed by atoms with Crippen molar-refractivity contribution in [3.8, 4) is 0 Å². The van der Waals surface area contributed by atoms with Crippen molar-refractivity contribution in [2.75, 3.05) is 11.5 Å². The molecule has 4 atom stereocenters. The van der Waals surface area contributed by atoms with E-state index < -0.39 is 60.2 Å². The Bertz CT molecular complexity index is 1090. The van der Waals surface area contributed by atoms with Crippen molar-refractivity contribution in [1.82, 2.24) is 20.9 Å². The summed E-state index contributed by atoms with van der Waals surface area (Å²) in [5, 5.41) is 26.1. The predicted octanol–water partition coefficient (Wildman–Crippen LogP) is -1.09. The van der Waals surface area contributed by atoms with Gasteiger partial charge in [0.05, 0.1) is 12.5 Å². The first-order valence-corrected chi connectivity index (χ1v) is 11.7. The van der Waals surface area contributed by atoms with Crippen LogP contribution in [0.2, 0.25) is 0 Å². The van der Waals surface area contributed by atoms with Crippen molar-refractivity contribution >= 4 is 65.8 Å². The molecular weight excluding hydrogens is 498 g/mol. The molecule has 0 fully saturated rings. The van der Waals surface area contributed by atoms with E-state index in [4.69, 9.17) is 10.8 Å². The molecule has 0 spiro atoms. The number of carboxylic acid groups (broad SMARTS) is 2. The molecule has 0 bridgehead atoms. The van der Waals surface area contributed by atoms with Gasteiger partial charge >= 0.3 is 11.9 Å². The molecule has 4 unspecified atom stereocenters. The van der Waals surface area contributed by atoms with Crippen LogP contribution in [-0.4, -0.2) is 80.5 Å². The van der Waals surface area contributed by atoms with Crippen molar-refractivity contribution in [3.63, 3.8) is 0 Å². The molecule has 0 aliphatic heterocycles. The number of benzene rings is 1. The molecule has 2 rings (SSSR count). The van der Waals surface area contributed by atoms with E-state index in [1.807, 2.05) is 18.2 Å². The van der Waals surface area contributed by atoms with Crippen molar-refractivity contribution < 1.29 is 34.2 Å². The van der Waals surface area contributed by atoms with Crippen LogP contribution in [0.5, 0.6) is 0 Å². The number of carbonyl (C=O) groups excluding carboxylic acids is 3. The zero-order valence-electron chi connectivity index (χ0n) is 18.4. The topological polar surface area (TPSA) is 204 Å². The Morgan fingerprint density at radius 2 is 1.49 bits per heavy atom. The first kappa shape index (κ1) is 28.0. The number of para-hydroxylation sites is 1. The molecule has 1 aromatic heterocycles. The van der Waals surface area contributed by atoms with Gasteiger partial charge in [-0.25, -0.2) is 4.79 Å². The van der Waals surface area contributed by atoms with Gasteiger partial charge in [-0.05, 0) is 11.6 Å². The summed E-state index contributed by atoms with van der Waals surface area (Å²) in [4.78, 5) is 63.7. The third-order valence-electron chi connectivity index (χ3n) is 5.07. The van der Waals surface area contributed by atoms with Gasteiger partial charge in [-0.15, -0.1) is 0 Å². The molecule has 0 aliphatic carbocycles. The second-order valence-electron chi connectivity index (χ2n) is 7.65. The number of thiol groups is 2. The Labute approximate surface area is 211 Å². The lowest BCUT2D eigenvalue weighted by atomic mass is 10.0. The Morgan fingerprint density at radius 1 is 0.886 bits per heavy atom. The van der Waals surface area contributed by atoms with Crippen LogP contribution in [0, 0.1) is 0 Å². The number of carbonyl (C=O) groups is 5. The summed E-state index contributed by atoms with van der Waals surface area (Å²) in [7, 11) is 0. The number of aromatic nitrogens is 1. The number of hydrogen-bond acceptors (Lipinski definition) is 8. The standard InChI is InChI=1S/C21H27N5O7S2/c22-12(8-34)18(29)24-14(5-10-7-23-13-4-2-1-3-11(10)13)19(30)25-15(6-17(27)28)20(31)26-16(9-35)21(32)33/h1-4,7,12,14-16,23,34-35H,5-6,8-9,22H2,(H,24,29)(H,25,30)(H,26,31)(H,27,28)(H,32,33). The van der Waals surface area contributed by atoms with E-state index in [-0.39, 0.29) is 17.9 Å². The SMILES string of the molecule is NC(CS)C(=O)NC(Cc1c[nH]c2ccccc12)C(=O)NC(CC(=O)O)C(=O)NC(CS)C(=O)O. The lowest BCUT2D eigenvalue weighted by Gasteiger charge is -2.24. The number of nitrogens with two attached hydrogens (primary N) is 1. The highest BCUT2D eigenvalue weighted by Gasteiger charge is 2.31. The van der Waals surface area contributed by atoms with Crippen molar-refractivity contribution in [2.24, 2.45) is 5.73 Å². The summed E-state index contributed by atoms with van der Waals surface area (Å²) in [5.74, 6) is -5.56. The Morgan fingerprint density at radius 3 is 2.09 bits per heavy atom. The lowest BCUT2D eigenvalue weighted by molar-refractivity contribution is -0.143. The van der Waals surface area contributed by atoms with Gasteiger partial charge in [-0.1, -0.05) is 18.2 Å². The molecule has 1 heterocycles. The molecule has 1 aromatic carbocycles. The van der Waals surface area contributed by atoms with Gasteiger partial charge in [-0.3, -0.25) is 19.2 Å². The molecule has 2 aromatic rings. The Balaban J connectivity index is 2.29. The number of aromatic amines is 1. The van der Waals surface area contributed by atoms with E-state index >= 15 is 0 Å². The van der Waals surface area contributed by atoms with Gasteiger partial charge in [0.25, 0.3) is 0 Å². The highest BCUT2D eigenvalue weighted by molar-refractivity contribution is 7.80. The third-order valence-corrected chi connectivity index (χ3v) is 5.83. The second-order valence-corrected chi connectivity index (χ2v) is 8.39. The van der Waals surface area contributed by atoms with E-state index in [0.717, 1.165) is 10.9 Å². The molecule has 190 valence electrons. The molecule has 0 saturated heterocycles. The quantitative estimate of drug-likeness (QED) is 0.147. The monoisotopic (exact) mass is 525 g/mol. The summed E-state index contributed by atoms with van der Waals surface area (Å²) in [5.41, 5.74) is 7.19. The second kappa shape index (κ2) is 13.0. The largest absolute Gasteiger partial charge is 0.481 e. The van der Waals surface area contributed by atoms with E-state index in [1.165, 1.54) is 0 Å². The zero-order chi connectivity index (χ0) is 26.1. The highest BCUT2D eigenvalue weighted by atomic mass is 32.1. The number of nitrogens with one attached hydrogen (secondary N) is 4. The van der Waals surface area contributed by atoms with Gasteiger partial charge in [-0.2, -0.15) is 25.3 Å². The van der Waals surface area contributed by atoms with E-state index in [1.54, 1.807) is 12.3 Å². The first-order valence-electron chi connectivity index (χ1n) is 10.4. The van der Waals surface area contributed by atoms with E-state index in [0.29, 0.717) is 5.56 Å². The average Bonchev–Trinajstić information content (AvgIpc) is 3.23. The Kier molecular flexibility index (Phi) is 10.4. The normalized spacial score (nSPS) is 14.4. The van der Waals surface area contributed by atoms with Crippen LogP contribution in [0.4, 0.5) is 0 Å². The first-order chi connectivity index (χ1) is 16.6. The van der Waals surface area contributed by atoms with E-state index in [2.05, 4.69) is 46.2 Å². The third kappa shape index (κ3) is 7.90. The van der Waals surface area contributed by atoms with Crippen molar-refractivity contribution in [3.05, 3.63) is 36.0 Å². The molecular formula is C21H27N5O7S2. The molecule has 0 aliphatic rings. The van der Waals surface area contributed by atoms with E-state index in [9.17, 15) is 29.1 Å². The molecule has 12 nitrogen and oxygen atoms in total. The lowest BCUT2D eigenvalue weighted by Crippen LogP contribution is -2.58. The smallest absolute Gasteiger partial charge is 0.327 e. The summed E-state index contributed by atoms with van der Waals surface area (Å²) < 4.78 is 0. The summed E-state index contributed by atoms with van der Waals surface area (Å²) >= 11 is 7.83. The van der Waals surface area contributed by atoms with Crippen LogP contribution in [0.3, 0.4) is 0 Å². The van der Waals surface area contributed by atoms with Gasteiger partial charge in [0.1, 0.15) is 18.1 Å². The molecule has 0 radical (unpaired) electrons. The molecule has 0 saturated carbocycles. The van der Waals surface area contributed by atoms with Crippen molar-refractivity contribution in [1.29, 1.82) is 0 Å². The van der Waals surface area contributed by atoms with Gasteiger partial charge in [0, 0.05) is 35.0 Å². The molecule has 35 heavy (non-hydrogen) atoms. The number of aliphatic carboxylic acids is 2. The minimum absolute atomic E-state index is 0.00329. The highest BCUT2D eigenvalue weighted by Crippen LogP contribution is 2.19. The molecule has 8 N–H and O–H groups in total. The van der Waals surface area contributed by atoms with Crippen LogP contribution in [0.25, 0.3) is 10.9 Å². The van der Waals surface area contributed by atoms with Crippen LogP contribution in [0.1, 0.15) is 12.0 Å². The maximum atomic E-state index is 13.1. The minimum Gasteiger partial charge on any atom is -0.481 e. The average molecular weight is 526 g/mol. The Hall–Kier alpha value is -3.23. The van der Waals surface area contributed by atoms with Gasteiger partial charge < -0.3 is 36.9 Å². The van der Waals surface area contributed by atoms with Crippen LogP contribution in [0.15, 0.2) is 30.5 Å². The summed E-state index contributed by atoms with van der Waals surface area (Å²) in [6.45, 7) is 0. The molecule has 3 amide bonds. The minimum atomic E-state index is -1.61. The van der Waals surface area contributed by atoms with Gasteiger partial charge in [0.15, 0.2) is 0 Å². The fourth-order valence-electron chi connectivity index (χ4n) is 3.21. The fraction of sp³-hybridized carbons (Fsp3) is 0.381. The fourth-order valence-corrected chi connectivity index (χ4v) is 3.62. The van der Waals surface area contributed by atoms with Crippen LogP contribution in [-0.2, 0) is 30.4 Å². The predicted molar refractivity (Wildman–Crippen MR) is 133 cm³/mol. The summed E-state index contributed by atoms with van der Waals surface area (Å²) in [6.07, 6.45) is 0.846. The summed E-state index contributed by atoms with van der Waals surface area (Å²) in [6, 6.07) is 2.04. The van der Waals surface area contributed by atoms with Crippen molar-refractivity contribution in [2.45, 2.75) is 37.0 Å². The number of rotatable bonds is 13. The maximum absolute atomic E-state index is 13.1. The number of H-pyrrole nitrogens is 1. The molecule has 14 heteroatoms. The zero-order valence-corrected chi connectivity index (χ0v) is 20.2. The van der Waals surface area contributed by atoms with Gasteiger partial charge in [0.2, 0.25) is 17.7 Å². The maximum Gasteiger partial charge on any atom is 0.327 e. The number of fused-ring (bicyclic) bond motifs is 1. The van der Waals surface area contributed by atoms with Crippen LogP contribution < -0.4 is 21.7 Å². The number of amides is 3.